The van der Waals surface area contributed by atoms with Crippen LogP contribution in [0.5, 0.6) is 0 Å². The number of amides is 1. The quantitative estimate of drug-likeness (QED) is 0.714. The van der Waals surface area contributed by atoms with E-state index in [4.69, 9.17) is 5.73 Å². The number of hydrogen-bond acceptors (Lipinski definition) is 3. The Morgan fingerprint density at radius 3 is 3.06 bits per heavy atom. The Kier molecular flexibility index (Phi) is 3.22. The first-order chi connectivity index (χ1) is 7.72. The number of carbonyl (C=O) groups is 1. The third-order valence-electron chi connectivity index (χ3n) is 2.87. The van der Waals surface area contributed by atoms with Gasteiger partial charge in [-0.15, -0.1) is 0 Å². The van der Waals surface area contributed by atoms with Crippen LogP contribution in [0.4, 0.5) is 5.69 Å². The average molecular weight is 219 g/mol. The molecule has 16 heavy (non-hydrogen) atoms. The minimum Gasteiger partial charge on any atom is -0.329 e. The second-order valence-corrected chi connectivity index (χ2v) is 4.06. The van der Waals surface area contributed by atoms with Gasteiger partial charge in [0.05, 0.1) is 6.42 Å². The number of nitrogens with two attached hydrogens (primary N) is 1. The molecule has 0 bridgehead atoms. The van der Waals surface area contributed by atoms with Crippen molar-refractivity contribution in [3.05, 3.63) is 29.3 Å². The molecule has 0 fully saturated rings. The predicted molar refractivity (Wildman–Crippen MR) is 64.3 cm³/mol. The Morgan fingerprint density at radius 1 is 1.50 bits per heavy atom. The number of rotatable bonds is 4. The fraction of sp³-hybridized carbons (Fsp3) is 0.417. The Hall–Kier alpha value is -1.39. The van der Waals surface area contributed by atoms with E-state index in [0.29, 0.717) is 13.0 Å². The summed E-state index contributed by atoms with van der Waals surface area (Å²) in [6, 6.07) is 6.16. The van der Waals surface area contributed by atoms with Crippen molar-refractivity contribution in [2.75, 3.05) is 25.0 Å². The van der Waals surface area contributed by atoms with Crippen LogP contribution in [0.3, 0.4) is 0 Å². The highest BCUT2D eigenvalue weighted by molar-refractivity contribution is 6.00. The maximum Gasteiger partial charge on any atom is 0.231 e. The van der Waals surface area contributed by atoms with Gasteiger partial charge in [-0.1, -0.05) is 12.1 Å². The number of anilines is 1. The number of carbonyl (C=O) groups excluding carboxylic acids is 1. The largest absolute Gasteiger partial charge is 0.329 e. The van der Waals surface area contributed by atoms with E-state index in [1.54, 1.807) is 4.90 Å². The average Bonchev–Trinajstić information content (AvgIpc) is 2.55. The Labute approximate surface area is 95.4 Å². The summed E-state index contributed by atoms with van der Waals surface area (Å²) >= 11 is 0. The highest BCUT2D eigenvalue weighted by atomic mass is 16.2. The maximum absolute atomic E-state index is 11.5. The molecule has 0 atom stereocenters. The van der Waals surface area contributed by atoms with E-state index in [1.807, 2.05) is 13.1 Å². The summed E-state index contributed by atoms with van der Waals surface area (Å²) in [5, 5.41) is 3.24. The topological polar surface area (TPSA) is 58.4 Å². The first kappa shape index (κ1) is 11.1. The summed E-state index contributed by atoms with van der Waals surface area (Å²) in [5.74, 6) is 0.169. The van der Waals surface area contributed by atoms with Gasteiger partial charge < -0.3 is 16.0 Å². The van der Waals surface area contributed by atoms with Gasteiger partial charge in [0, 0.05) is 32.4 Å². The molecule has 0 radical (unpaired) electrons. The minimum atomic E-state index is 0.169. The van der Waals surface area contributed by atoms with Gasteiger partial charge in [-0.25, -0.2) is 0 Å². The molecule has 0 spiro atoms. The summed E-state index contributed by atoms with van der Waals surface area (Å²) in [5.41, 5.74) is 8.77. The van der Waals surface area contributed by atoms with E-state index in [-0.39, 0.29) is 5.91 Å². The molecule has 0 saturated carbocycles. The van der Waals surface area contributed by atoms with Crippen LogP contribution in [-0.4, -0.2) is 26.0 Å². The number of nitrogens with zero attached hydrogens (tertiary/aromatic N) is 1. The molecule has 2 rings (SSSR count). The SMILES string of the molecule is CN1C(=O)Cc2cc(CNCCN)ccc21. The third-order valence-corrected chi connectivity index (χ3v) is 2.87. The molecule has 1 aliphatic heterocycles. The lowest BCUT2D eigenvalue weighted by Crippen LogP contribution is -2.22. The highest BCUT2D eigenvalue weighted by Crippen LogP contribution is 2.28. The van der Waals surface area contributed by atoms with Gasteiger partial charge in [0.15, 0.2) is 0 Å². The van der Waals surface area contributed by atoms with E-state index in [2.05, 4.69) is 17.4 Å². The van der Waals surface area contributed by atoms with Crippen LogP contribution in [0.2, 0.25) is 0 Å². The van der Waals surface area contributed by atoms with Crippen molar-refractivity contribution in [2.24, 2.45) is 5.73 Å². The van der Waals surface area contributed by atoms with E-state index >= 15 is 0 Å². The zero-order valence-electron chi connectivity index (χ0n) is 9.49. The lowest BCUT2D eigenvalue weighted by atomic mass is 10.1. The molecule has 3 N–H and O–H groups in total. The summed E-state index contributed by atoms with van der Waals surface area (Å²) < 4.78 is 0. The smallest absolute Gasteiger partial charge is 0.231 e. The third kappa shape index (κ3) is 2.08. The van der Waals surface area contributed by atoms with Crippen molar-refractivity contribution in [3.63, 3.8) is 0 Å². The Bertz CT molecular complexity index is 403. The fourth-order valence-corrected chi connectivity index (χ4v) is 1.97. The fourth-order valence-electron chi connectivity index (χ4n) is 1.97. The highest BCUT2D eigenvalue weighted by Gasteiger charge is 2.23. The Balaban J connectivity index is 2.09. The standard InChI is InChI=1S/C12H17N3O/c1-15-11-3-2-9(8-14-5-4-13)6-10(11)7-12(15)16/h2-3,6,14H,4-5,7-8,13H2,1H3. The van der Waals surface area contributed by atoms with E-state index in [1.165, 1.54) is 5.56 Å². The van der Waals surface area contributed by atoms with Crippen molar-refractivity contribution in [2.45, 2.75) is 13.0 Å². The molecular weight excluding hydrogens is 202 g/mol. The molecule has 0 aromatic heterocycles. The number of hydrogen-bond donors (Lipinski definition) is 2. The number of fused-ring (bicyclic) bond motifs is 1. The number of nitrogens with one attached hydrogen (secondary N) is 1. The van der Waals surface area contributed by atoms with Crippen LogP contribution in [0.15, 0.2) is 18.2 Å². The summed E-state index contributed by atoms with van der Waals surface area (Å²) in [4.78, 5) is 13.2. The van der Waals surface area contributed by atoms with Gasteiger partial charge in [0.25, 0.3) is 0 Å². The number of benzene rings is 1. The monoisotopic (exact) mass is 219 g/mol. The molecule has 86 valence electrons. The van der Waals surface area contributed by atoms with Gasteiger partial charge in [0.1, 0.15) is 0 Å². The zero-order chi connectivity index (χ0) is 11.5. The Morgan fingerprint density at radius 2 is 2.31 bits per heavy atom. The molecule has 0 aliphatic carbocycles. The second kappa shape index (κ2) is 4.63. The maximum atomic E-state index is 11.5. The second-order valence-electron chi connectivity index (χ2n) is 4.06. The molecule has 1 amide bonds. The van der Waals surface area contributed by atoms with Gasteiger partial charge in [-0.2, -0.15) is 0 Å². The van der Waals surface area contributed by atoms with Crippen molar-refractivity contribution in [1.29, 1.82) is 0 Å². The zero-order valence-corrected chi connectivity index (χ0v) is 9.49. The minimum absolute atomic E-state index is 0.169. The van der Waals surface area contributed by atoms with Crippen molar-refractivity contribution in [3.8, 4) is 0 Å². The van der Waals surface area contributed by atoms with Crippen LogP contribution in [0.1, 0.15) is 11.1 Å². The van der Waals surface area contributed by atoms with E-state index in [9.17, 15) is 4.79 Å². The first-order valence-electron chi connectivity index (χ1n) is 5.51. The molecule has 4 heteroatoms. The van der Waals surface area contributed by atoms with Gasteiger partial charge in [0.2, 0.25) is 5.91 Å². The van der Waals surface area contributed by atoms with Crippen LogP contribution >= 0.6 is 0 Å². The molecule has 1 aliphatic rings. The molecule has 0 unspecified atom stereocenters. The van der Waals surface area contributed by atoms with Gasteiger partial charge in [-0.3, -0.25) is 4.79 Å². The molecular formula is C12H17N3O. The van der Waals surface area contributed by atoms with E-state index < -0.39 is 0 Å². The predicted octanol–water partition coefficient (Wildman–Crippen LogP) is 0.254. The van der Waals surface area contributed by atoms with Crippen LogP contribution in [0.25, 0.3) is 0 Å². The lowest BCUT2D eigenvalue weighted by molar-refractivity contribution is -0.117. The first-order valence-corrected chi connectivity index (χ1v) is 5.51. The van der Waals surface area contributed by atoms with Gasteiger partial charge in [-0.05, 0) is 17.2 Å². The van der Waals surface area contributed by atoms with Crippen LogP contribution in [0, 0.1) is 0 Å². The normalized spacial score (nSPS) is 14.4. The molecule has 1 aromatic rings. The summed E-state index contributed by atoms with van der Waals surface area (Å²) in [6.45, 7) is 2.27. The summed E-state index contributed by atoms with van der Waals surface area (Å²) in [7, 11) is 1.82. The summed E-state index contributed by atoms with van der Waals surface area (Å²) in [6.07, 6.45) is 0.524. The van der Waals surface area contributed by atoms with Crippen molar-refractivity contribution < 1.29 is 4.79 Å². The molecule has 0 saturated heterocycles. The molecule has 1 aromatic carbocycles. The van der Waals surface area contributed by atoms with E-state index in [0.717, 1.165) is 24.3 Å². The number of likely N-dealkylation sites (N-methyl/N-ethyl adjacent to an activating group) is 1. The molecule has 4 nitrogen and oxygen atoms in total. The van der Waals surface area contributed by atoms with Gasteiger partial charge >= 0.3 is 0 Å². The lowest BCUT2D eigenvalue weighted by Gasteiger charge is -2.10. The van der Waals surface area contributed by atoms with Crippen LogP contribution < -0.4 is 16.0 Å². The van der Waals surface area contributed by atoms with Crippen molar-refractivity contribution >= 4 is 11.6 Å². The van der Waals surface area contributed by atoms with Crippen molar-refractivity contribution in [1.82, 2.24) is 5.32 Å². The van der Waals surface area contributed by atoms with Crippen LogP contribution in [-0.2, 0) is 17.8 Å². The molecule has 1 heterocycles.